The fourth-order valence-electron chi connectivity index (χ4n) is 4.03. The fraction of sp³-hybridized carbons (Fsp3) is 0.933. The standard InChI is InChI=1S/C15H27NO2/c1-3-15(14(17)18)8-5-9-16(15)11-13-7-4-6-12(2)10-13/h12-13H,3-11H2,1-2H3,(H,17,18). The van der Waals surface area contributed by atoms with Crippen LogP contribution in [0.3, 0.4) is 0 Å². The summed E-state index contributed by atoms with van der Waals surface area (Å²) < 4.78 is 0. The first-order valence-electron chi connectivity index (χ1n) is 7.57. The Kier molecular flexibility index (Phi) is 4.31. The van der Waals surface area contributed by atoms with Crippen molar-refractivity contribution in [3.63, 3.8) is 0 Å². The summed E-state index contributed by atoms with van der Waals surface area (Å²) in [5.41, 5.74) is -0.555. The van der Waals surface area contributed by atoms with E-state index in [1.165, 1.54) is 25.7 Å². The maximum atomic E-state index is 11.6. The molecule has 1 aliphatic carbocycles. The Morgan fingerprint density at radius 1 is 1.39 bits per heavy atom. The topological polar surface area (TPSA) is 40.5 Å². The van der Waals surface area contributed by atoms with Crippen molar-refractivity contribution in [3.8, 4) is 0 Å². The van der Waals surface area contributed by atoms with Gasteiger partial charge in [-0.3, -0.25) is 9.69 Å². The first-order chi connectivity index (χ1) is 8.58. The minimum absolute atomic E-state index is 0.555. The highest BCUT2D eigenvalue weighted by Gasteiger charge is 2.46. The molecule has 0 bridgehead atoms. The van der Waals surface area contributed by atoms with E-state index in [9.17, 15) is 9.90 Å². The quantitative estimate of drug-likeness (QED) is 0.836. The van der Waals surface area contributed by atoms with E-state index in [1.807, 2.05) is 6.92 Å². The molecule has 104 valence electrons. The Bertz CT molecular complexity index is 305. The molecule has 2 aliphatic rings. The zero-order valence-corrected chi connectivity index (χ0v) is 11.8. The summed E-state index contributed by atoms with van der Waals surface area (Å²) in [5, 5.41) is 9.57. The van der Waals surface area contributed by atoms with Crippen molar-refractivity contribution in [2.75, 3.05) is 13.1 Å². The Hall–Kier alpha value is -0.570. The number of likely N-dealkylation sites (tertiary alicyclic amines) is 1. The SMILES string of the molecule is CCC1(C(=O)O)CCCN1CC1CCCC(C)C1. The van der Waals surface area contributed by atoms with Gasteiger partial charge < -0.3 is 5.11 Å². The van der Waals surface area contributed by atoms with Gasteiger partial charge >= 0.3 is 5.97 Å². The van der Waals surface area contributed by atoms with Gasteiger partial charge in [0.15, 0.2) is 0 Å². The molecule has 18 heavy (non-hydrogen) atoms. The zero-order chi connectivity index (χ0) is 13.2. The molecule has 0 aromatic heterocycles. The Balaban J connectivity index is 2.01. The lowest BCUT2D eigenvalue weighted by atomic mass is 9.81. The summed E-state index contributed by atoms with van der Waals surface area (Å²) in [5.74, 6) is 0.940. The van der Waals surface area contributed by atoms with Crippen LogP contribution >= 0.6 is 0 Å². The van der Waals surface area contributed by atoms with Crippen molar-refractivity contribution in [1.82, 2.24) is 4.90 Å². The maximum absolute atomic E-state index is 11.6. The van der Waals surface area contributed by atoms with Crippen LogP contribution < -0.4 is 0 Å². The van der Waals surface area contributed by atoms with Gasteiger partial charge in [0.25, 0.3) is 0 Å². The fourth-order valence-corrected chi connectivity index (χ4v) is 4.03. The molecule has 1 saturated carbocycles. The summed E-state index contributed by atoms with van der Waals surface area (Å²) in [4.78, 5) is 13.9. The summed E-state index contributed by atoms with van der Waals surface area (Å²) in [6, 6.07) is 0. The molecule has 1 saturated heterocycles. The molecule has 3 heteroatoms. The summed E-state index contributed by atoms with van der Waals surface area (Å²) >= 11 is 0. The lowest BCUT2D eigenvalue weighted by molar-refractivity contribution is -0.150. The largest absolute Gasteiger partial charge is 0.480 e. The van der Waals surface area contributed by atoms with Gasteiger partial charge in [-0.25, -0.2) is 0 Å². The molecular weight excluding hydrogens is 226 g/mol. The molecule has 1 aliphatic heterocycles. The predicted octanol–water partition coefficient (Wildman–Crippen LogP) is 3.14. The smallest absolute Gasteiger partial charge is 0.324 e. The summed E-state index contributed by atoms with van der Waals surface area (Å²) in [7, 11) is 0. The normalized spacial score (nSPS) is 37.9. The number of carboxylic acid groups (broad SMARTS) is 1. The minimum Gasteiger partial charge on any atom is -0.480 e. The molecule has 0 amide bonds. The molecule has 3 nitrogen and oxygen atoms in total. The van der Waals surface area contributed by atoms with E-state index in [0.29, 0.717) is 0 Å². The second-order valence-corrected chi connectivity index (χ2v) is 6.38. The van der Waals surface area contributed by atoms with Gasteiger partial charge in [-0.15, -0.1) is 0 Å². The van der Waals surface area contributed by atoms with Gasteiger partial charge in [0.05, 0.1) is 0 Å². The lowest BCUT2D eigenvalue weighted by Gasteiger charge is -2.38. The van der Waals surface area contributed by atoms with Crippen LogP contribution in [0.25, 0.3) is 0 Å². The molecule has 3 atom stereocenters. The first kappa shape index (κ1) is 13.9. The van der Waals surface area contributed by atoms with Gasteiger partial charge in [0, 0.05) is 6.54 Å². The zero-order valence-electron chi connectivity index (χ0n) is 11.8. The van der Waals surface area contributed by atoms with Gasteiger partial charge in [0.1, 0.15) is 5.54 Å². The number of rotatable bonds is 4. The average molecular weight is 253 g/mol. The average Bonchev–Trinajstić information content (AvgIpc) is 2.73. The van der Waals surface area contributed by atoms with Gasteiger partial charge in [-0.2, -0.15) is 0 Å². The van der Waals surface area contributed by atoms with Crippen LogP contribution in [0.1, 0.15) is 58.8 Å². The Morgan fingerprint density at radius 3 is 2.78 bits per heavy atom. The second-order valence-electron chi connectivity index (χ2n) is 6.38. The van der Waals surface area contributed by atoms with Gasteiger partial charge in [-0.1, -0.05) is 26.7 Å². The van der Waals surface area contributed by atoms with E-state index in [-0.39, 0.29) is 0 Å². The van der Waals surface area contributed by atoms with Crippen molar-refractivity contribution in [3.05, 3.63) is 0 Å². The van der Waals surface area contributed by atoms with E-state index >= 15 is 0 Å². The number of nitrogens with zero attached hydrogens (tertiary/aromatic N) is 1. The van der Waals surface area contributed by atoms with Crippen molar-refractivity contribution in [2.45, 2.75) is 64.3 Å². The van der Waals surface area contributed by atoms with Gasteiger partial charge in [0.2, 0.25) is 0 Å². The van der Waals surface area contributed by atoms with Crippen LogP contribution in [0.15, 0.2) is 0 Å². The summed E-state index contributed by atoms with van der Waals surface area (Å²) in [6.07, 6.45) is 7.88. The monoisotopic (exact) mass is 253 g/mol. The number of hydrogen-bond acceptors (Lipinski definition) is 2. The van der Waals surface area contributed by atoms with Crippen molar-refractivity contribution < 1.29 is 9.90 Å². The summed E-state index contributed by atoms with van der Waals surface area (Å²) in [6.45, 7) is 6.34. The third kappa shape index (κ3) is 2.56. The molecule has 0 aromatic carbocycles. The molecule has 0 spiro atoms. The van der Waals surface area contributed by atoms with Gasteiger partial charge in [-0.05, 0) is 50.5 Å². The Morgan fingerprint density at radius 2 is 2.17 bits per heavy atom. The van der Waals surface area contributed by atoms with Crippen molar-refractivity contribution in [2.24, 2.45) is 11.8 Å². The van der Waals surface area contributed by atoms with Crippen LogP contribution in [-0.2, 0) is 4.79 Å². The van der Waals surface area contributed by atoms with E-state index in [1.54, 1.807) is 0 Å². The highest BCUT2D eigenvalue weighted by atomic mass is 16.4. The van der Waals surface area contributed by atoms with Crippen molar-refractivity contribution >= 4 is 5.97 Å². The van der Waals surface area contributed by atoms with E-state index in [4.69, 9.17) is 0 Å². The first-order valence-corrected chi connectivity index (χ1v) is 7.57. The van der Waals surface area contributed by atoms with E-state index < -0.39 is 11.5 Å². The Labute approximate surface area is 111 Å². The van der Waals surface area contributed by atoms with Crippen LogP contribution in [0.4, 0.5) is 0 Å². The van der Waals surface area contributed by atoms with Crippen LogP contribution in [-0.4, -0.2) is 34.6 Å². The van der Waals surface area contributed by atoms with E-state index in [0.717, 1.165) is 44.2 Å². The number of carbonyl (C=O) groups is 1. The molecular formula is C15H27NO2. The second kappa shape index (κ2) is 5.60. The predicted molar refractivity (Wildman–Crippen MR) is 72.6 cm³/mol. The van der Waals surface area contributed by atoms with Crippen molar-refractivity contribution in [1.29, 1.82) is 0 Å². The molecule has 1 heterocycles. The molecule has 2 rings (SSSR count). The lowest BCUT2D eigenvalue weighted by Crippen LogP contribution is -2.51. The number of carboxylic acids is 1. The third-order valence-corrected chi connectivity index (χ3v) is 5.13. The molecule has 1 N–H and O–H groups in total. The van der Waals surface area contributed by atoms with Crippen LogP contribution in [0, 0.1) is 11.8 Å². The van der Waals surface area contributed by atoms with E-state index in [2.05, 4.69) is 11.8 Å². The third-order valence-electron chi connectivity index (χ3n) is 5.13. The molecule has 3 unspecified atom stereocenters. The highest BCUT2D eigenvalue weighted by Crippen LogP contribution is 2.36. The van der Waals surface area contributed by atoms with Crippen LogP contribution in [0.2, 0.25) is 0 Å². The number of hydrogen-bond donors (Lipinski definition) is 1. The molecule has 0 radical (unpaired) electrons. The minimum atomic E-state index is -0.605. The molecule has 0 aromatic rings. The highest BCUT2D eigenvalue weighted by molar-refractivity contribution is 5.79. The molecule has 2 fully saturated rings. The van der Waals surface area contributed by atoms with Crippen LogP contribution in [0.5, 0.6) is 0 Å². The number of aliphatic carboxylic acids is 1. The maximum Gasteiger partial charge on any atom is 0.324 e.